The normalized spacial score (nSPS) is 17.0. The highest BCUT2D eigenvalue weighted by atomic mass is 32.2. The number of hydrogen-bond acceptors (Lipinski definition) is 3. The molecule has 1 aromatic rings. The summed E-state index contributed by atoms with van der Waals surface area (Å²) >= 11 is 0. The number of allylic oxidation sites excluding steroid dienone is 1. The SMILES string of the molecule is Cc1ccc(S(=O)(=O)N2CCN(C(=O)N/C=C/C(C)(C)C)CC2)cc1. The fraction of sp³-hybridized carbons (Fsp3) is 0.500. The summed E-state index contributed by atoms with van der Waals surface area (Å²) in [5, 5.41) is 2.74. The molecule has 0 radical (unpaired) electrons. The molecule has 1 saturated heterocycles. The molecule has 6 nitrogen and oxygen atoms in total. The van der Waals surface area contributed by atoms with Crippen molar-refractivity contribution in [1.82, 2.24) is 14.5 Å². The van der Waals surface area contributed by atoms with Gasteiger partial charge in [0.1, 0.15) is 0 Å². The summed E-state index contributed by atoms with van der Waals surface area (Å²) in [7, 11) is -3.50. The molecule has 0 unspecified atom stereocenters. The van der Waals surface area contributed by atoms with Crippen molar-refractivity contribution < 1.29 is 13.2 Å². The zero-order chi connectivity index (χ0) is 18.7. The van der Waals surface area contributed by atoms with Crippen molar-refractivity contribution in [2.24, 2.45) is 5.41 Å². The number of urea groups is 1. The van der Waals surface area contributed by atoms with Gasteiger partial charge in [-0.3, -0.25) is 0 Å². The first-order valence-electron chi connectivity index (χ1n) is 8.39. The minimum absolute atomic E-state index is 0.00586. The van der Waals surface area contributed by atoms with Crippen molar-refractivity contribution >= 4 is 16.1 Å². The van der Waals surface area contributed by atoms with Gasteiger partial charge in [-0.1, -0.05) is 44.5 Å². The van der Waals surface area contributed by atoms with E-state index in [0.717, 1.165) is 5.56 Å². The van der Waals surface area contributed by atoms with Crippen LogP contribution in [0.4, 0.5) is 4.79 Å². The van der Waals surface area contributed by atoms with Gasteiger partial charge in [-0.2, -0.15) is 4.31 Å². The minimum atomic E-state index is -3.50. The Bertz CT molecular complexity index is 726. The zero-order valence-corrected chi connectivity index (χ0v) is 16.1. The molecular formula is C18H27N3O3S. The van der Waals surface area contributed by atoms with E-state index in [1.807, 2.05) is 33.8 Å². The molecule has 2 amide bonds. The number of amides is 2. The van der Waals surface area contributed by atoms with Crippen molar-refractivity contribution in [3.05, 3.63) is 42.1 Å². The van der Waals surface area contributed by atoms with Crippen LogP contribution in [-0.2, 0) is 10.0 Å². The van der Waals surface area contributed by atoms with Crippen LogP contribution in [0.1, 0.15) is 26.3 Å². The Morgan fingerprint density at radius 2 is 1.64 bits per heavy atom. The highest BCUT2D eigenvalue weighted by molar-refractivity contribution is 7.89. The summed E-state index contributed by atoms with van der Waals surface area (Å²) in [4.78, 5) is 14.1. The van der Waals surface area contributed by atoms with Crippen LogP contribution in [0.25, 0.3) is 0 Å². The standard InChI is InChI=1S/C18H27N3O3S/c1-15-5-7-16(8-6-15)25(23,24)21-13-11-20(12-14-21)17(22)19-10-9-18(2,3)4/h5-10H,11-14H2,1-4H3,(H,19,22)/b10-9+. The monoisotopic (exact) mass is 365 g/mol. The molecule has 138 valence electrons. The lowest BCUT2D eigenvalue weighted by Crippen LogP contribution is -2.52. The average Bonchev–Trinajstić information content (AvgIpc) is 2.54. The molecule has 0 spiro atoms. The van der Waals surface area contributed by atoms with E-state index in [-0.39, 0.29) is 11.4 Å². The molecule has 1 aliphatic heterocycles. The Labute approximate surface area is 150 Å². The second-order valence-electron chi connectivity index (χ2n) is 7.35. The van der Waals surface area contributed by atoms with Gasteiger partial charge in [-0.15, -0.1) is 0 Å². The first kappa shape index (κ1) is 19.5. The Balaban J connectivity index is 1.93. The molecule has 0 atom stereocenters. The summed E-state index contributed by atoms with van der Waals surface area (Å²) in [5.74, 6) is 0. The van der Waals surface area contributed by atoms with E-state index in [9.17, 15) is 13.2 Å². The maximum atomic E-state index is 12.7. The van der Waals surface area contributed by atoms with E-state index in [0.29, 0.717) is 31.1 Å². The molecule has 0 bridgehead atoms. The molecule has 25 heavy (non-hydrogen) atoms. The van der Waals surface area contributed by atoms with Crippen molar-refractivity contribution in [3.63, 3.8) is 0 Å². The lowest BCUT2D eigenvalue weighted by Gasteiger charge is -2.33. The highest BCUT2D eigenvalue weighted by Gasteiger charge is 2.29. The summed E-state index contributed by atoms with van der Waals surface area (Å²) in [6.07, 6.45) is 3.57. The quantitative estimate of drug-likeness (QED) is 0.895. The first-order valence-corrected chi connectivity index (χ1v) is 9.83. The molecule has 0 aliphatic carbocycles. The lowest BCUT2D eigenvalue weighted by molar-refractivity contribution is 0.175. The number of carbonyl (C=O) groups is 1. The predicted molar refractivity (Wildman–Crippen MR) is 98.6 cm³/mol. The fourth-order valence-electron chi connectivity index (χ4n) is 2.45. The number of aryl methyl sites for hydroxylation is 1. The van der Waals surface area contributed by atoms with Gasteiger partial charge in [-0.25, -0.2) is 13.2 Å². The summed E-state index contributed by atoms with van der Waals surface area (Å²) in [6.45, 7) is 9.40. The molecule has 1 N–H and O–H groups in total. The number of piperazine rings is 1. The van der Waals surface area contributed by atoms with Gasteiger partial charge in [0.15, 0.2) is 0 Å². The number of nitrogens with one attached hydrogen (secondary N) is 1. The van der Waals surface area contributed by atoms with Gasteiger partial charge in [0.05, 0.1) is 4.90 Å². The van der Waals surface area contributed by atoms with Crippen LogP contribution in [0, 0.1) is 12.3 Å². The molecule has 0 aromatic heterocycles. The third-order valence-corrected chi connectivity index (χ3v) is 5.89. The highest BCUT2D eigenvalue weighted by Crippen LogP contribution is 2.18. The van der Waals surface area contributed by atoms with Crippen LogP contribution < -0.4 is 5.32 Å². The molecule has 1 aliphatic rings. The topological polar surface area (TPSA) is 69.7 Å². The van der Waals surface area contributed by atoms with Gasteiger partial charge in [0.25, 0.3) is 0 Å². The maximum absolute atomic E-state index is 12.7. The largest absolute Gasteiger partial charge is 0.322 e. The van der Waals surface area contributed by atoms with Crippen LogP contribution in [0.5, 0.6) is 0 Å². The minimum Gasteiger partial charge on any atom is -0.322 e. The van der Waals surface area contributed by atoms with Gasteiger partial charge < -0.3 is 10.2 Å². The molecule has 1 fully saturated rings. The van der Waals surface area contributed by atoms with E-state index < -0.39 is 10.0 Å². The Kier molecular flexibility index (Phi) is 5.90. The molecule has 1 heterocycles. The number of hydrogen-bond donors (Lipinski definition) is 1. The maximum Gasteiger partial charge on any atom is 0.321 e. The number of benzene rings is 1. The van der Waals surface area contributed by atoms with E-state index in [1.165, 1.54) is 4.31 Å². The Hall–Kier alpha value is -1.86. The van der Waals surface area contributed by atoms with Crippen LogP contribution in [0.3, 0.4) is 0 Å². The van der Waals surface area contributed by atoms with Gasteiger partial charge in [0.2, 0.25) is 10.0 Å². The smallest absolute Gasteiger partial charge is 0.321 e. The second-order valence-corrected chi connectivity index (χ2v) is 9.29. The van der Waals surface area contributed by atoms with E-state index in [2.05, 4.69) is 5.32 Å². The molecule has 7 heteroatoms. The summed E-state index contributed by atoms with van der Waals surface area (Å²) in [5.41, 5.74) is 1.01. The molecular weight excluding hydrogens is 338 g/mol. The average molecular weight is 365 g/mol. The predicted octanol–water partition coefficient (Wildman–Crippen LogP) is 2.57. The Morgan fingerprint density at radius 3 is 2.16 bits per heavy atom. The fourth-order valence-corrected chi connectivity index (χ4v) is 3.87. The number of nitrogens with zero attached hydrogens (tertiary/aromatic N) is 2. The van der Waals surface area contributed by atoms with E-state index >= 15 is 0 Å². The van der Waals surface area contributed by atoms with Crippen LogP contribution in [-0.4, -0.2) is 49.8 Å². The summed E-state index contributed by atoms with van der Waals surface area (Å²) in [6, 6.07) is 6.63. The Morgan fingerprint density at radius 1 is 1.08 bits per heavy atom. The third kappa shape index (κ3) is 5.31. The van der Waals surface area contributed by atoms with Crippen molar-refractivity contribution in [3.8, 4) is 0 Å². The summed E-state index contributed by atoms with van der Waals surface area (Å²) < 4.78 is 26.7. The van der Waals surface area contributed by atoms with Gasteiger partial charge in [0, 0.05) is 32.4 Å². The number of sulfonamides is 1. The zero-order valence-electron chi connectivity index (χ0n) is 15.3. The van der Waals surface area contributed by atoms with E-state index in [1.54, 1.807) is 35.4 Å². The van der Waals surface area contributed by atoms with Crippen LogP contribution in [0.2, 0.25) is 0 Å². The van der Waals surface area contributed by atoms with Crippen molar-refractivity contribution in [2.75, 3.05) is 26.2 Å². The third-order valence-electron chi connectivity index (χ3n) is 3.97. The number of rotatable bonds is 3. The molecule has 1 aromatic carbocycles. The van der Waals surface area contributed by atoms with Crippen molar-refractivity contribution in [2.45, 2.75) is 32.6 Å². The van der Waals surface area contributed by atoms with Gasteiger partial charge >= 0.3 is 6.03 Å². The lowest BCUT2D eigenvalue weighted by atomic mass is 9.97. The first-order chi connectivity index (χ1) is 11.6. The van der Waals surface area contributed by atoms with Gasteiger partial charge in [-0.05, 0) is 24.5 Å². The molecule has 0 saturated carbocycles. The van der Waals surface area contributed by atoms with Crippen LogP contribution >= 0.6 is 0 Å². The molecule has 2 rings (SSSR count). The van der Waals surface area contributed by atoms with Crippen LogP contribution in [0.15, 0.2) is 41.4 Å². The second kappa shape index (κ2) is 7.58. The van der Waals surface area contributed by atoms with Crippen molar-refractivity contribution in [1.29, 1.82) is 0 Å². The number of carbonyl (C=O) groups excluding carboxylic acids is 1. The van der Waals surface area contributed by atoms with E-state index in [4.69, 9.17) is 0 Å².